The molecule has 2 fully saturated rings. The number of aryl methyl sites for hydroxylation is 1. The van der Waals surface area contributed by atoms with Crippen LogP contribution in [0.4, 0.5) is 0 Å². The molecule has 0 aromatic carbocycles. The van der Waals surface area contributed by atoms with Gasteiger partial charge in [0.05, 0.1) is 10.7 Å². The second-order valence-corrected chi connectivity index (χ2v) is 7.88. The van der Waals surface area contributed by atoms with Gasteiger partial charge in [-0.3, -0.25) is 9.69 Å². The number of unbranched alkanes of at least 4 members (excludes halogenated alkanes) is 1. The molecule has 1 aromatic rings. The molecule has 128 valence electrons. The van der Waals surface area contributed by atoms with E-state index in [9.17, 15) is 4.79 Å². The molecule has 23 heavy (non-hydrogen) atoms. The van der Waals surface area contributed by atoms with Crippen molar-refractivity contribution in [3.63, 3.8) is 0 Å². The molecule has 4 nitrogen and oxygen atoms in total. The molecule has 2 aliphatic rings. The van der Waals surface area contributed by atoms with Crippen LogP contribution in [0.25, 0.3) is 0 Å². The Morgan fingerprint density at radius 3 is 2.87 bits per heavy atom. The molecule has 3 rings (SSSR count). The highest BCUT2D eigenvalue weighted by Gasteiger charge is 2.38. The van der Waals surface area contributed by atoms with E-state index in [1.165, 1.54) is 42.8 Å². The van der Waals surface area contributed by atoms with Gasteiger partial charge in [0.1, 0.15) is 0 Å². The Balaban J connectivity index is 1.62. The Labute approximate surface area is 143 Å². The van der Waals surface area contributed by atoms with Crippen LogP contribution >= 0.6 is 11.3 Å². The van der Waals surface area contributed by atoms with Crippen LogP contribution < -0.4 is 0 Å². The minimum atomic E-state index is 0.245. The smallest absolute Gasteiger partial charge is 0.219 e. The molecular weight excluding hydrogens is 306 g/mol. The predicted molar refractivity (Wildman–Crippen MR) is 94.6 cm³/mol. The Bertz CT molecular complexity index is 530. The molecule has 1 aromatic heterocycles. The first kappa shape index (κ1) is 16.9. The lowest BCUT2D eigenvalue weighted by molar-refractivity contribution is -0.130. The number of hydrogen-bond donors (Lipinski definition) is 0. The van der Waals surface area contributed by atoms with Gasteiger partial charge in [0, 0.05) is 37.5 Å². The number of thiazole rings is 1. The fourth-order valence-electron chi connectivity index (χ4n) is 4.14. The molecular formula is C18H29N3OS. The number of hydrogen-bond acceptors (Lipinski definition) is 4. The maximum Gasteiger partial charge on any atom is 0.219 e. The minimum absolute atomic E-state index is 0.245. The van der Waals surface area contributed by atoms with Gasteiger partial charge in [0.15, 0.2) is 0 Å². The highest BCUT2D eigenvalue weighted by molar-refractivity contribution is 7.09. The first-order valence-corrected chi connectivity index (χ1v) is 10.0. The summed E-state index contributed by atoms with van der Waals surface area (Å²) < 4.78 is 0. The molecule has 2 unspecified atom stereocenters. The Morgan fingerprint density at radius 2 is 2.09 bits per heavy atom. The predicted octanol–water partition coefficient (Wildman–Crippen LogP) is 3.46. The van der Waals surface area contributed by atoms with Crippen LogP contribution in [-0.2, 0) is 17.8 Å². The third-order valence-electron chi connectivity index (χ3n) is 5.27. The summed E-state index contributed by atoms with van der Waals surface area (Å²) in [5, 5.41) is 3.52. The summed E-state index contributed by atoms with van der Waals surface area (Å²) in [7, 11) is 0. The lowest BCUT2D eigenvalue weighted by atomic mass is 10.0. The molecule has 0 N–H and O–H groups in total. The van der Waals surface area contributed by atoms with Crippen LogP contribution in [0.5, 0.6) is 0 Å². The van der Waals surface area contributed by atoms with Crippen molar-refractivity contribution in [1.29, 1.82) is 0 Å². The van der Waals surface area contributed by atoms with Crippen molar-refractivity contribution >= 4 is 17.2 Å². The molecule has 0 radical (unpaired) electrons. The number of nitrogens with zero attached hydrogens (tertiary/aromatic N) is 3. The molecule has 2 atom stereocenters. The normalized spacial score (nSPS) is 25.4. The van der Waals surface area contributed by atoms with E-state index in [1.54, 1.807) is 6.92 Å². The van der Waals surface area contributed by atoms with Gasteiger partial charge in [0.25, 0.3) is 0 Å². The maximum absolute atomic E-state index is 11.9. The largest absolute Gasteiger partial charge is 0.338 e. The number of carbonyl (C=O) groups is 1. The second kappa shape index (κ2) is 7.75. The fourth-order valence-corrected chi connectivity index (χ4v) is 4.97. The Hall–Kier alpha value is -0.940. The van der Waals surface area contributed by atoms with Crippen LogP contribution in [0.2, 0.25) is 0 Å². The minimum Gasteiger partial charge on any atom is -0.338 e. The van der Waals surface area contributed by atoms with Gasteiger partial charge < -0.3 is 4.90 Å². The molecule has 2 saturated heterocycles. The summed E-state index contributed by atoms with van der Waals surface area (Å²) in [6.45, 7) is 7.00. The number of carbonyl (C=O) groups excluding carboxylic acids is 1. The summed E-state index contributed by atoms with van der Waals surface area (Å²) >= 11 is 1.81. The molecule has 5 heteroatoms. The van der Waals surface area contributed by atoms with Crippen LogP contribution in [0.1, 0.15) is 63.1 Å². The SMILES string of the molecule is CCCCc1nc(CN2CCCC2C2CCCN2C(C)=O)cs1. The average molecular weight is 336 g/mol. The van der Waals surface area contributed by atoms with Crippen LogP contribution in [0.15, 0.2) is 5.38 Å². The van der Waals surface area contributed by atoms with Crippen LogP contribution in [-0.4, -0.2) is 45.9 Å². The van der Waals surface area contributed by atoms with Gasteiger partial charge in [-0.1, -0.05) is 13.3 Å². The van der Waals surface area contributed by atoms with E-state index in [1.807, 2.05) is 11.3 Å². The lowest BCUT2D eigenvalue weighted by Crippen LogP contribution is -2.47. The van der Waals surface area contributed by atoms with Gasteiger partial charge >= 0.3 is 0 Å². The van der Waals surface area contributed by atoms with Gasteiger partial charge in [-0.15, -0.1) is 11.3 Å². The summed E-state index contributed by atoms with van der Waals surface area (Å²) in [5.74, 6) is 0.245. The van der Waals surface area contributed by atoms with Gasteiger partial charge in [-0.2, -0.15) is 0 Å². The van der Waals surface area contributed by atoms with E-state index in [4.69, 9.17) is 4.98 Å². The van der Waals surface area contributed by atoms with Gasteiger partial charge in [0.2, 0.25) is 5.91 Å². The zero-order chi connectivity index (χ0) is 16.2. The zero-order valence-electron chi connectivity index (χ0n) is 14.5. The summed E-state index contributed by atoms with van der Waals surface area (Å²) in [6, 6.07) is 0.954. The summed E-state index contributed by atoms with van der Waals surface area (Å²) in [5.41, 5.74) is 1.22. The van der Waals surface area contributed by atoms with Gasteiger partial charge in [-0.05, 0) is 45.1 Å². The number of likely N-dealkylation sites (tertiary alicyclic amines) is 2. The van der Waals surface area contributed by atoms with Crippen molar-refractivity contribution in [3.8, 4) is 0 Å². The zero-order valence-corrected chi connectivity index (χ0v) is 15.3. The summed E-state index contributed by atoms with van der Waals surface area (Å²) in [6.07, 6.45) is 8.37. The third-order valence-corrected chi connectivity index (χ3v) is 6.23. The number of aromatic nitrogens is 1. The van der Waals surface area contributed by atoms with E-state index in [-0.39, 0.29) is 5.91 Å². The first-order valence-electron chi connectivity index (χ1n) is 9.13. The Kier molecular flexibility index (Phi) is 5.70. The number of amides is 1. The first-order chi connectivity index (χ1) is 11.2. The maximum atomic E-state index is 11.9. The molecule has 1 amide bonds. The Morgan fingerprint density at radius 1 is 1.30 bits per heavy atom. The second-order valence-electron chi connectivity index (χ2n) is 6.94. The molecule has 3 heterocycles. The fraction of sp³-hybridized carbons (Fsp3) is 0.778. The summed E-state index contributed by atoms with van der Waals surface area (Å²) in [4.78, 5) is 21.4. The average Bonchev–Trinajstić information content (AvgIpc) is 3.25. The van der Waals surface area contributed by atoms with E-state index in [0.29, 0.717) is 12.1 Å². The van der Waals surface area contributed by atoms with Crippen molar-refractivity contribution in [2.75, 3.05) is 13.1 Å². The van der Waals surface area contributed by atoms with Crippen LogP contribution in [0, 0.1) is 0 Å². The van der Waals surface area contributed by atoms with E-state index in [0.717, 1.165) is 32.5 Å². The monoisotopic (exact) mass is 335 g/mol. The van der Waals surface area contributed by atoms with Crippen LogP contribution in [0.3, 0.4) is 0 Å². The topological polar surface area (TPSA) is 36.4 Å². The van der Waals surface area contributed by atoms with Crippen molar-refractivity contribution < 1.29 is 4.79 Å². The molecule has 2 aliphatic heterocycles. The highest BCUT2D eigenvalue weighted by Crippen LogP contribution is 2.31. The van der Waals surface area contributed by atoms with Crippen molar-refractivity contribution in [2.45, 2.75) is 77.4 Å². The molecule has 0 spiro atoms. The van der Waals surface area contributed by atoms with E-state index in [2.05, 4.69) is 22.1 Å². The number of rotatable bonds is 6. The highest BCUT2D eigenvalue weighted by atomic mass is 32.1. The third kappa shape index (κ3) is 3.94. The molecule has 0 saturated carbocycles. The van der Waals surface area contributed by atoms with E-state index >= 15 is 0 Å². The molecule has 0 aliphatic carbocycles. The lowest BCUT2D eigenvalue weighted by Gasteiger charge is -2.34. The molecule has 0 bridgehead atoms. The van der Waals surface area contributed by atoms with Crippen molar-refractivity contribution in [2.24, 2.45) is 0 Å². The standard InChI is InChI=1S/C18H29N3OS/c1-3-4-9-18-19-15(13-23-18)12-20-10-5-7-16(20)17-8-6-11-21(17)14(2)22/h13,16-17H,3-12H2,1-2H3. The van der Waals surface area contributed by atoms with E-state index < -0.39 is 0 Å². The van der Waals surface area contributed by atoms with Gasteiger partial charge in [-0.25, -0.2) is 4.98 Å². The quantitative estimate of drug-likeness (QED) is 0.799. The van der Waals surface area contributed by atoms with Crippen molar-refractivity contribution in [1.82, 2.24) is 14.8 Å². The van der Waals surface area contributed by atoms with Crippen molar-refractivity contribution in [3.05, 3.63) is 16.1 Å².